The van der Waals surface area contributed by atoms with Gasteiger partial charge < -0.3 is 14.2 Å². The number of carbonyl (C=O) groups is 1. The van der Waals surface area contributed by atoms with E-state index in [-0.39, 0.29) is 5.97 Å². The molecule has 0 N–H and O–H groups in total. The minimum atomic E-state index is -0.375. The fraction of sp³-hybridized carbons (Fsp3) is 0.143. The summed E-state index contributed by atoms with van der Waals surface area (Å²) in [6, 6.07) is 13.1. The number of nitrogens with zero attached hydrogens (tertiary/aromatic N) is 1. The van der Waals surface area contributed by atoms with Gasteiger partial charge in [0.15, 0.2) is 17.2 Å². The molecule has 0 aliphatic heterocycles. The van der Waals surface area contributed by atoms with Gasteiger partial charge in [-0.05, 0) is 35.9 Å². The van der Waals surface area contributed by atoms with Crippen molar-refractivity contribution >= 4 is 45.0 Å². The maximum atomic E-state index is 11.3. The fourth-order valence-electron chi connectivity index (χ4n) is 2.64. The van der Waals surface area contributed by atoms with Crippen LogP contribution in [-0.4, -0.2) is 25.2 Å². The van der Waals surface area contributed by atoms with E-state index < -0.39 is 0 Å². The van der Waals surface area contributed by atoms with E-state index in [0.717, 1.165) is 21.1 Å². The summed E-state index contributed by atoms with van der Waals surface area (Å²) in [6.45, 7) is 1.37. The molecule has 1 aromatic heterocycles. The third-order valence-corrected chi connectivity index (χ3v) is 4.58. The molecule has 0 bridgehead atoms. The number of halogens is 1. The van der Waals surface area contributed by atoms with Gasteiger partial charge in [-0.25, -0.2) is 4.98 Å². The number of rotatable bonds is 5. The van der Waals surface area contributed by atoms with Crippen molar-refractivity contribution in [2.75, 3.05) is 14.2 Å². The highest BCUT2D eigenvalue weighted by Gasteiger charge is 2.09. The number of methoxy groups -OCH3 is 2. The third-order valence-electron chi connectivity index (χ3n) is 3.89. The van der Waals surface area contributed by atoms with Crippen LogP contribution >= 0.6 is 15.9 Å². The maximum Gasteiger partial charge on any atom is 0.308 e. The average molecular weight is 428 g/mol. The van der Waals surface area contributed by atoms with Crippen LogP contribution in [0.15, 0.2) is 46.9 Å². The van der Waals surface area contributed by atoms with Crippen molar-refractivity contribution in [1.82, 2.24) is 4.98 Å². The van der Waals surface area contributed by atoms with E-state index in [4.69, 9.17) is 14.2 Å². The zero-order chi connectivity index (χ0) is 19.4. The normalized spacial score (nSPS) is 11.0. The average Bonchev–Trinajstić information content (AvgIpc) is 2.66. The number of hydrogen-bond acceptors (Lipinski definition) is 5. The molecule has 0 saturated carbocycles. The lowest BCUT2D eigenvalue weighted by atomic mass is 10.1. The predicted octanol–water partition coefficient (Wildman–Crippen LogP) is 5.11. The summed E-state index contributed by atoms with van der Waals surface area (Å²) in [5.41, 5.74) is 2.30. The molecule has 138 valence electrons. The number of hydrogen-bond donors (Lipinski definition) is 0. The van der Waals surface area contributed by atoms with E-state index in [0.29, 0.717) is 22.8 Å². The fourth-order valence-corrected chi connectivity index (χ4v) is 3.09. The first-order valence-corrected chi connectivity index (χ1v) is 8.99. The summed E-state index contributed by atoms with van der Waals surface area (Å²) in [5, 5.41) is 0.901. The minimum Gasteiger partial charge on any atom is -0.493 e. The standard InChI is InChI=1S/C21H18BrNO4/c1-13(24)27-18-6-4-5-14-7-9-16(23-21(14)18)10-8-15-11-19(25-2)20(26-3)12-17(15)22/h4-12H,1-3H3/b10-8+. The maximum absolute atomic E-state index is 11.3. The lowest BCUT2D eigenvalue weighted by Crippen LogP contribution is -2.02. The molecule has 1 heterocycles. The van der Waals surface area contributed by atoms with Crippen molar-refractivity contribution in [1.29, 1.82) is 0 Å². The van der Waals surface area contributed by atoms with E-state index in [2.05, 4.69) is 20.9 Å². The molecule has 0 radical (unpaired) electrons. The van der Waals surface area contributed by atoms with Gasteiger partial charge in [0.05, 0.1) is 19.9 Å². The first kappa shape index (κ1) is 18.9. The van der Waals surface area contributed by atoms with Gasteiger partial charge in [0.2, 0.25) is 0 Å². The van der Waals surface area contributed by atoms with Crippen molar-refractivity contribution in [3.05, 3.63) is 58.2 Å². The van der Waals surface area contributed by atoms with Crippen LogP contribution in [0.25, 0.3) is 23.1 Å². The van der Waals surface area contributed by atoms with E-state index in [9.17, 15) is 4.79 Å². The Bertz CT molecular complexity index is 1030. The highest BCUT2D eigenvalue weighted by Crippen LogP contribution is 2.34. The molecule has 0 fully saturated rings. The zero-order valence-electron chi connectivity index (χ0n) is 15.2. The largest absolute Gasteiger partial charge is 0.493 e. The first-order chi connectivity index (χ1) is 13.0. The summed E-state index contributed by atoms with van der Waals surface area (Å²) >= 11 is 3.54. The Morgan fingerprint density at radius 2 is 1.74 bits per heavy atom. The molecule has 5 nitrogen and oxygen atoms in total. The minimum absolute atomic E-state index is 0.375. The van der Waals surface area contributed by atoms with Crippen LogP contribution in [0.3, 0.4) is 0 Å². The zero-order valence-corrected chi connectivity index (χ0v) is 16.7. The van der Waals surface area contributed by atoms with Crippen LogP contribution in [0, 0.1) is 0 Å². The van der Waals surface area contributed by atoms with Crippen LogP contribution in [0.2, 0.25) is 0 Å². The van der Waals surface area contributed by atoms with Crippen molar-refractivity contribution in [3.8, 4) is 17.2 Å². The van der Waals surface area contributed by atoms with Crippen molar-refractivity contribution in [2.45, 2.75) is 6.92 Å². The van der Waals surface area contributed by atoms with Gasteiger partial charge in [0.25, 0.3) is 0 Å². The molecule has 0 spiro atoms. The Balaban J connectivity index is 1.98. The van der Waals surface area contributed by atoms with E-state index >= 15 is 0 Å². The van der Waals surface area contributed by atoms with Crippen molar-refractivity contribution in [3.63, 3.8) is 0 Å². The van der Waals surface area contributed by atoms with Crippen LogP contribution < -0.4 is 14.2 Å². The number of para-hydroxylation sites is 1. The molecule has 0 unspecified atom stereocenters. The summed E-state index contributed by atoms with van der Waals surface area (Å²) in [4.78, 5) is 15.9. The topological polar surface area (TPSA) is 57.7 Å². The lowest BCUT2D eigenvalue weighted by molar-refractivity contribution is -0.131. The summed E-state index contributed by atoms with van der Waals surface area (Å²) in [5.74, 6) is 1.36. The van der Waals surface area contributed by atoms with Gasteiger partial charge in [-0.2, -0.15) is 0 Å². The Morgan fingerprint density at radius 3 is 2.44 bits per heavy atom. The molecule has 6 heteroatoms. The molecular formula is C21H18BrNO4. The Kier molecular flexibility index (Phi) is 5.76. The number of fused-ring (bicyclic) bond motifs is 1. The van der Waals surface area contributed by atoms with Crippen molar-refractivity contribution < 1.29 is 19.0 Å². The van der Waals surface area contributed by atoms with Crippen LogP contribution in [-0.2, 0) is 4.79 Å². The van der Waals surface area contributed by atoms with Crippen LogP contribution in [0.5, 0.6) is 17.2 Å². The Morgan fingerprint density at radius 1 is 1.00 bits per heavy atom. The second kappa shape index (κ2) is 8.22. The number of ether oxygens (including phenoxy) is 3. The van der Waals surface area contributed by atoms with E-state index in [1.165, 1.54) is 6.92 Å². The van der Waals surface area contributed by atoms with E-state index in [1.54, 1.807) is 20.3 Å². The second-order valence-corrected chi connectivity index (χ2v) is 6.57. The summed E-state index contributed by atoms with van der Waals surface area (Å²) in [6.07, 6.45) is 3.81. The highest BCUT2D eigenvalue weighted by atomic mass is 79.9. The molecular weight excluding hydrogens is 410 g/mol. The molecule has 0 aliphatic rings. The number of pyridine rings is 1. The Hall–Kier alpha value is -2.86. The molecule has 3 aromatic rings. The number of carbonyl (C=O) groups excluding carboxylic acids is 1. The second-order valence-electron chi connectivity index (χ2n) is 5.72. The molecule has 0 atom stereocenters. The highest BCUT2D eigenvalue weighted by molar-refractivity contribution is 9.10. The predicted molar refractivity (Wildman–Crippen MR) is 109 cm³/mol. The van der Waals surface area contributed by atoms with E-state index in [1.807, 2.05) is 48.6 Å². The number of esters is 1. The summed E-state index contributed by atoms with van der Waals surface area (Å²) < 4.78 is 16.8. The van der Waals surface area contributed by atoms with Gasteiger partial charge in [0.1, 0.15) is 5.52 Å². The molecule has 27 heavy (non-hydrogen) atoms. The van der Waals surface area contributed by atoms with Gasteiger partial charge in [0, 0.05) is 16.8 Å². The molecule has 3 rings (SSSR count). The lowest BCUT2D eigenvalue weighted by Gasteiger charge is -2.10. The van der Waals surface area contributed by atoms with Crippen molar-refractivity contribution in [2.24, 2.45) is 0 Å². The van der Waals surface area contributed by atoms with Crippen LogP contribution in [0.4, 0.5) is 0 Å². The van der Waals surface area contributed by atoms with Gasteiger partial charge in [-0.1, -0.05) is 40.2 Å². The van der Waals surface area contributed by atoms with Gasteiger partial charge in [-0.15, -0.1) is 0 Å². The van der Waals surface area contributed by atoms with Gasteiger partial charge >= 0.3 is 5.97 Å². The smallest absolute Gasteiger partial charge is 0.308 e. The van der Waals surface area contributed by atoms with Gasteiger partial charge in [-0.3, -0.25) is 4.79 Å². The molecule has 0 amide bonds. The molecule has 2 aromatic carbocycles. The Labute approximate surface area is 165 Å². The van der Waals surface area contributed by atoms with Crippen LogP contribution in [0.1, 0.15) is 18.2 Å². The SMILES string of the molecule is COc1cc(Br)c(/C=C/c2ccc3cccc(OC(C)=O)c3n2)cc1OC. The number of aromatic nitrogens is 1. The molecule has 0 saturated heterocycles. The first-order valence-electron chi connectivity index (χ1n) is 8.19. The monoisotopic (exact) mass is 427 g/mol. The number of benzene rings is 2. The quantitative estimate of drug-likeness (QED) is 0.418. The summed E-state index contributed by atoms with van der Waals surface area (Å²) in [7, 11) is 3.19. The molecule has 0 aliphatic carbocycles. The third kappa shape index (κ3) is 4.28.